The van der Waals surface area contributed by atoms with Gasteiger partial charge in [0.15, 0.2) is 6.29 Å². The van der Waals surface area contributed by atoms with Crippen molar-refractivity contribution in [3.8, 4) is 0 Å². The number of unbranched alkanes of at least 4 members (excludes halogenated alkanes) is 1. The molecule has 0 radical (unpaired) electrons. The molecular formula is C27H33N3O2. The minimum atomic E-state index is 0.100. The van der Waals surface area contributed by atoms with Gasteiger partial charge in [-0.3, -0.25) is 9.59 Å². The zero-order chi connectivity index (χ0) is 22.5. The number of carbonyl (C=O) groups excluding carboxylic acids is 2. The van der Waals surface area contributed by atoms with Crippen LogP contribution in [0.15, 0.2) is 36.5 Å². The van der Waals surface area contributed by atoms with Crippen molar-refractivity contribution in [2.75, 3.05) is 24.5 Å². The topological polar surface area (TPSA) is 53.5 Å². The number of likely N-dealkylation sites (tertiary alicyclic amines) is 1. The molecule has 0 N–H and O–H groups in total. The number of carbonyl (C=O) groups is 2. The van der Waals surface area contributed by atoms with Crippen LogP contribution in [0.5, 0.6) is 0 Å². The number of anilines is 2. The zero-order valence-corrected chi connectivity index (χ0v) is 19.2. The summed E-state index contributed by atoms with van der Waals surface area (Å²) in [5, 5.41) is 0. The van der Waals surface area contributed by atoms with E-state index in [-0.39, 0.29) is 5.91 Å². The Morgan fingerprint density at radius 2 is 1.97 bits per heavy atom. The standard InChI is InChI=1S/C27H33N3O2/c1-3-4-5-7-21-17-25(10-9-23(21)19-31)30-13-6-8-22-16-24(18-28-26(22)30)27(32)29-14-11-20(2)12-15-29/h5,7,9-10,16-20H,3-4,6,8,11-15H2,1-2H3/b7-5+. The Morgan fingerprint density at radius 1 is 1.16 bits per heavy atom. The quantitative estimate of drug-likeness (QED) is 0.554. The molecule has 2 aliphatic heterocycles. The number of rotatable bonds is 6. The van der Waals surface area contributed by atoms with Gasteiger partial charge in [-0.05, 0) is 73.4 Å². The summed E-state index contributed by atoms with van der Waals surface area (Å²) in [6.07, 6.45) is 12.9. The number of aryl methyl sites for hydroxylation is 1. The van der Waals surface area contributed by atoms with Gasteiger partial charge in [-0.2, -0.15) is 0 Å². The molecule has 1 saturated heterocycles. The molecule has 1 aromatic heterocycles. The molecule has 3 heterocycles. The van der Waals surface area contributed by atoms with E-state index < -0.39 is 0 Å². The second-order valence-corrected chi connectivity index (χ2v) is 9.06. The van der Waals surface area contributed by atoms with Crippen molar-refractivity contribution in [2.24, 2.45) is 5.92 Å². The summed E-state index contributed by atoms with van der Waals surface area (Å²) in [7, 11) is 0. The molecule has 5 heteroatoms. The van der Waals surface area contributed by atoms with Gasteiger partial charge >= 0.3 is 0 Å². The summed E-state index contributed by atoms with van der Waals surface area (Å²) in [5.74, 6) is 1.71. The average Bonchev–Trinajstić information content (AvgIpc) is 2.83. The highest BCUT2D eigenvalue weighted by atomic mass is 16.2. The van der Waals surface area contributed by atoms with E-state index in [0.717, 1.165) is 87.1 Å². The molecule has 0 aliphatic carbocycles. The van der Waals surface area contributed by atoms with Gasteiger partial charge in [0.2, 0.25) is 0 Å². The summed E-state index contributed by atoms with van der Waals surface area (Å²) in [6.45, 7) is 6.93. The van der Waals surface area contributed by atoms with Crippen LogP contribution in [0.25, 0.3) is 6.08 Å². The first-order valence-electron chi connectivity index (χ1n) is 11.9. The smallest absolute Gasteiger partial charge is 0.255 e. The molecule has 0 spiro atoms. The predicted molar refractivity (Wildman–Crippen MR) is 130 cm³/mol. The molecule has 2 aromatic rings. The van der Waals surface area contributed by atoms with E-state index in [2.05, 4.69) is 30.9 Å². The van der Waals surface area contributed by atoms with E-state index >= 15 is 0 Å². The number of piperidine rings is 1. The molecule has 168 valence electrons. The lowest BCUT2D eigenvalue weighted by atomic mass is 9.98. The summed E-state index contributed by atoms with van der Waals surface area (Å²) >= 11 is 0. The fourth-order valence-electron chi connectivity index (χ4n) is 4.58. The van der Waals surface area contributed by atoms with Crippen LogP contribution in [-0.2, 0) is 6.42 Å². The van der Waals surface area contributed by atoms with Gasteiger partial charge in [-0.15, -0.1) is 0 Å². The average molecular weight is 432 g/mol. The molecular weight excluding hydrogens is 398 g/mol. The third kappa shape index (κ3) is 4.77. The number of pyridine rings is 1. The highest BCUT2D eigenvalue weighted by Crippen LogP contribution is 2.33. The first-order valence-corrected chi connectivity index (χ1v) is 11.9. The lowest BCUT2D eigenvalue weighted by Crippen LogP contribution is -2.38. The Balaban J connectivity index is 1.59. The van der Waals surface area contributed by atoms with E-state index in [9.17, 15) is 9.59 Å². The zero-order valence-electron chi connectivity index (χ0n) is 19.2. The van der Waals surface area contributed by atoms with E-state index in [1.54, 1.807) is 6.20 Å². The van der Waals surface area contributed by atoms with Crippen LogP contribution < -0.4 is 4.90 Å². The highest BCUT2D eigenvalue weighted by molar-refractivity contribution is 5.94. The first-order chi connectivity index (χ1) is 15.6. The van der Waals surface area contributed by atoms with Gasteiger partial charge in [-0.25, -0.2) is 4.98 Å². The second-order valence-electron chi connectivity index (χ2n) is 9.06. The number of amides is 1. The summed E-state index contributed by atoms with van der Waals surface area (Å²) in [6, 6.07) is 7.99. The molecule has 1 amide bonds. The van der Waals surface area contributed by atoms with Crippen LogP contribution in [0.4, 0.5) is 11.5 Å². The van der Waals surface area contributed by atoms with E-state index in [4.69, 9.17) is 4.98 Å². The molecule has 0 atom stereocenters. The van der Waals surface area contributed by atoms with E-state index in [1.807, 2.05) is 29.2 Å². The number of hydrogen-bond acceptors (Lipinski definition) is 4. The van der Waals surface area contributed by atoms with Crippen molar-refractivity contribution in [1.29, 1.82) is 0 Å². The molecule has 4 rings (SSSR count). The van der Waals surface area contributed by atoms with Crippen LogP contribution >= 0.6 is 0 Å². The highest BCUT2D eigenvalue weighted by Gasteiger charge is 2.25. The SMILES string of the molecule is CCC/C=C/c1cc(N2CCCc3cc(C(=O)N4CCC(C)CC4)cnc32)ccc1C=O. The molecule has 32 heavy (non-hydrogen) atoms. The minimum absolute atomic E-state index is 0.100. The Kier molecular flexibility index (Phi) is 7.03. The van der Waals surface area contributed by atoms with Crippen LogP contribution in [0.3, 0.4) is 0 Å². The van der Waals surface area contributed by atoms with E-state index in [0.29, 0.717) is 17.0 Å². The van der Waals surface area contributed by atoms with Crippen molar-refractivity contribution in [1.82, 2.24) is 9.88 Å². The van der Waals surface area contributed by atoms with Gasteiger partial charge in [0, 0.05) is 37.1 Å². The van der Waals surface area contributed by atoms with Crippen LogP contribution in [0.2, 0.25) is 0 Å². The van der Waals surface area contributed by atoms with Gasteiger partial charge < -0.3 is 9.80 Å². The van der Waals surface area contributed by atoms with Crippen molar-refractivity contribution >= 4 is 29.8 Å². The number of nitrogens with zero attached hydrogens (tertiary/aromatic N) is 3. The molecule has 2 aliphatic rings. The number of aromatic nitrogens is 1. The Bertz CT molecular complexity index is 1010. The monoisotopic (exact) mass is 431 g/mol. The first kappa shape index (κ1) is 22.3. The van der Waals surface area contributed by atoms with Crippen LogP contribution in [0, 0.1) is 5.92 Å². The molecule has 1 fully saturated rings. The molecule has 1 aromatic carbocycles. The number of aldehydes is 1. The Labute approximate surface area is 191 Å². The lowest BCUT2D eigenvalue weighted by molar-refractivity contribution is 0.0696. The Hall–Kier alpha value is -2.95. The number of benzene rings is 1. The number of allylic oxidation sites excluding steroid dienone is 1. The van der Waals surface area contributed by atoms with Crippen molar-refractivity contribution in [3.63, 3.8) is 0 Å². The number of fused-ring (bicyclic) bond motifs is 1. The van der Waals surface area contributed by atoms with Crippen molar-refractivity contribution in [3.05, 3.63) is 58.8 Å². The third-order valence-corrected chi connectivity index (χ3v) is 6.61. The van der Waals surface area contributed by atoms with Gasteiger partial charge in [0.1, 0.15) is 5.82 Å². The number of hydrogen-bond donors (Lipinski definition) is 0. The summed E-state index contributed by atoms with van der Waals surface area (Å²) in [5.41, 5.74) is 4.48. The second kappa shape index (κ2) is 10.1. The van der Waals surface area contributed by atoms with Crippen LogP contribution in [-0.4, -0.2) is 41.7 Å². The normalized spacial score (nSPS) is 16.9. The van der Waals surface area contributed by atoms with E-state index in [1.165, 1.54) is 0 Å². The summed E-state index contributed by atoms with van der Waals surface area (Å²) in [4.78, 5) is 33.4. The maximum absolute atomic E-state index is 13.0. The minimum Gasteiger partial charge on any atom is -0.339 e. The van der Waals surface area contributed by atoms with Gasteiger partial charge in [-0.1, -0.05) is 32.4 Å². The molecule has 0 bridgehead atoms. The largest absolute Gasteiger partial charge is 0.339 e. The van der Waals surface area contributed by atoms with Gasteiger partial charge in [0.25, 0.3) is 5.91 Å². The predicted octanol–water partition coefficient (Wildman–Crippen LogP) is 5.66. The molecule has 5 nitrogen and oxygen atoms in total. The fourth-order valence-corrected chi connectivity index (χ4v) is 4.58. The fraction of sp³-hybridized carbons (Fsp3) is 0.444. The van der Waals surface area contributed by atoms with Crippen molar-refractivity contribution in [2.45, 2.75) is 52.4 Å². The van der Waals surface area contributed by atoms with Crippen molar-refractivity contribution < 1.29 is 9.59 Å². The van der Waals surface area contributed by atoms with Gasteiger partial charge in [0.05, 0.1) is 5.56 Å². The maximum atomic E-state index is 13.0. The van der Waals surface area contributed by atoms with Crippen LogP contribution in [0.1, 0.15) is 77.8 Å². The molecule has 0 saturated carbocycles. The molecule has 0 unspecified atom stereocenters. The third-order valence-electron chi connectivity index (χ3n) is 6.61. The lowest BCUT2D eigenvalue weighted by Gasteiger charge is -2.32. The summed E-state index contributed by atoms with van der Waals surface area (Å²) < 4.78 is 0. The maximum Gasteiger partial charge on any atom is 0.255 e. The Morgan fingerprint density at radius 3 is 2.72 bits per heavy atom.